The van der Waals surface area contributed by atoms with Gasteiger partial charge in [0.1, 0.15) is 0 Å². The number of aromatic nitrogens is 1. The standard InChI is InChI=1S/C13H13BrN2O2S/c1-7-3-4-9(5-10(7)14)16-13-15-8(2)11(19-13)6-12(17)18/h3-5H,6H2,1-2H3,(H,15,16)(H,17,18). The van der Waals surface area contributed by atoms with Crippen LogP contribution in [0.25, 0.3) is 0 Å². The van der Waals surface area contributed by atoms with Gasteiger partial charge in [0.05, 0.1) is 12.1 Å². The zero-order chi connectivity index (χ0) is 14.0. The number of anilines is 2. The Hall–Kier alpha value is -1.40. The lowest BCUT2D eigenvalue weighted by Gasteiger charge is -2.04. The van der Waals surface area contributed by atoms with Crippen molar-refractivity contribution in [2.24, 2.45) is 0 Å². The second kappa shape index (κ2) is 5.71. The lowest BCUT2D eigenvalue weighted by molar-refractivity contribution is -0.136. The van der Waals surface area contributed by atoms with Crippen molar-refractivity contribution in [2.45, 2.75) is 20.3 Å². The summed E-state index contributed by atoms with van der Waals surface area (Å²) in [5, 5.41) is 12.7. The van der Waals surface area contributed by atoms with E-state index in [9.17, 15) is 4.79 Å². The normalized spacial score (nSPS) is 10.5. The van der Waals surface area contributed by atoms with Crippen LogP contribution in [0.3, 0.4) is 0 Å². The van der Waals surface area contributed by atoms with Crippen molar-refractivity contribution in [2.75, 3.05) is 5.32 Å². The van der Waals surface area contributed by atoms with Crippen LogP contribution in [0.5, 0.6) is 0 Å². The number of halogens is 1. The third-order valence-electron chi connectivity index (χ3n) is 2.63. The minimum Gasteiger partial charge on any atom is -0.481 e. The summed E-state index contributed by atoms with van der Waals surface area (Å²) in [6.45, 7) is 3.84. The molecular formula is C13H13BrN2O2S. The molecule has 0 bridgehead atoms. The number of aryl methyl sites for hydroxylation is 2. The highest BCUT2D eigenvalue weighted by Gasteiger charge is 2.11. The second-order valence-electron chi connectivity index (χ2n) is 4.19. The largest absolute Gasteiger partial charge is 0.481 e. The summed E-state index contributed by atoms with van der Waals surface area (Å²) in [5.74, 6) is -0.837. The highest BCUT2D eigenvalue weighted by molar-refractivity contribution is 9.10. The van der Waals surface area contributed by atoms with Gasteiger partial charge in [0.25, 0.3) is 0 Å². The smallest absolute Gasteiger partial charge is 0.308 e. The molecule has 0 aliphatic heterocycles. The predicted molar refractivity (Wildman–Crippen MR) is 80.4 cm³/mol. The van der Waals surface area contributed by atoms with E-state index in [4.69, 9.17) is 5.11 Å². The molecule has 0 aliphatic carbocycles. The van der Waals surface area contributed by atoms with Crippen LogP contribution in [0.15, 0.2) is 22.7 Å². The fourth-order valence-electron chi connectivity index (χ4n) is 1.58. The van der Waals surface area contributed by atoms with Crippen LogP contribution in [-0.2, 0) is 11.2 Å². The molecule has 4 nitrogen and oxygen atoms in total. The Morgan fingerprint density at radius 1 is 1.47 bits per heavy atom. The molecule has 0 spiro atoms. The molecule has 0 amide bonds. The number of thiazole rings is 1. The average Bonchev–Trinajstić information content (AvgIpc) is 2.64. The van der Waals surface area contributed by atoms with Crippen molar-refractivity contribution in [3.8, 4) is 0 Å². The number of carboxylic acid groups (broad SMARTS) is 1. The Balaban J connectivity index is 2.19. The summed E-state index contributed by atoms with van der Waals surface area (Å²) in [4.78, 5) is 15.8. The molecule has 2 rings (SSSR count). The van der Waals surface area contributed by atoms with E-state index in [1.165, 1.54) is 11.3 Å². The van der Waals surface area contributed by atoms with Crippen LogP contribution in [-0.4, -0.2) is 16.1 Å². The maximum absolute atomic E-state index is 10.7. The highest BCUT2D eigenvalue weighted by atomic mass is 79.9. The first-order valence-electron chi connectivity index (χ1n) is 5.67. The number of carboxylic acids is 1. The SMILES string of the molecule is Cc1ccc(Nc2nc(C)c(CC(=O)O)s2)cc1Br. The molecule has 6 heteroatoms. The number of aliphatic carboxylic acids is 1. The third-order valence-corrected chi connectivity index (χ3v) is 4.55. The molecular weight excluding hydrogens is 328 g/mol. The summed E-state index contributed by atoms with van der Waals surface area (Å²) in [6.07, 6.45) is 0.0166. The van der Waals surface area contributed by atoms with Gasteiger partial charge >= 0.3 is 5.97 Å². The summed E-state index contributed by atoms with van der Waals surface area (Å²) in [5.41, 5.74) is 2.85. The summed E-state index contributed by atoms with van der Waals surface area (Å²) >= 11 is 4.85. The molecule has 0 unspecified atom stereocenters. The zero-order valence-corrected chi connectivity index (χ0v) is 12.9. The van der Waals surface area contributed by atoms with Crippen LogP contribution >= 0.6 is 27.3 Å². The number of hydrogen-bond acceptors (Lipinski definition) is 4. The van der Waals surface area contributed by atoms with E-state index in [0.29, 0.717) is 5.13 Å². The molecule has 19 heavy (non-hydrogen) atoms. The van der Waals surface area contributed by atoms with Gasteiger partial charge in [-0.25, -0.2) is 4.98 Å². The molecule has 1 heterocycles. The number of nitrogens with one attached hydrogen (secondary N) is 1. The second-order valence-corrected chi connectivity index (χ2v) is 6.13. The van der Waals surface area contributed by atoms with E-state index in [1.54, 1.807) is 0 Å². The monoisotopic (exact) mass is 340 g/mol. The van der Waals surface area contributed by atoms with E-state index in [0.717, 1.165) is 26.3 Å². The molecule has 0 fully saturated rings. The first-order chi connectivity index (χ1) is 8.95. The van der Waals surface area contributed by atoms with E-state index in [-0.39, 0.29) is 6.42 Å². The fraction of sp³-hybridized carbons (Fsp3) is 0.231. The number of nitrogens with zero attached hydrogens (tertiary/aromatic N) is 1. The molecule has 0 radical (unpaired) electrons. The van der Waals surface area contributed by atoms with Gasteiger partial charge in [0.15, 0.2) is 5.13 Å². The Bertz CT molecular complexity index is 625. The molecule has 0 aliphatic rings. The minimum absolute atomic E-state index is 0.0166. The van der Waals surface area contributed by atoms with Gasteiger partial charge in [-0.05, 0) is 31.5 Å². The number of benzene rings is 1. The quantitative estimate of drug-likeness (QED) is 0.886. The van der Waals surface area contributed by atoms with E-state index in [2.05, 4.69) is 26.2 Å². The maximum atomic E-state index is 10.7. The molecule has 100 valence electrons. The average molecular weight is 341 g/mol. The van der Waals surface area contributed by atoms with Crippen LogP contribution in [0.2, 0.25) is 0 Å². The van der Waals surface area contributed by atoms with Crippen molar-refractivity contribution < 1.29 is 9.90 Å². The van der Waals surface area contributed by atoms with Gasteiger partial charge in [-0.15, -0.1) is 11.3 Å². The van der Waals surface area contributed by atoms with Crippen LogP contribution < -0.4 is 5.32 Å². The van der Waals surface area contributed by atoms with Gasteiger partial charge in [-0.1, -0.05) is 22.0 Å². The first kappa shape index (κ1) is 14.0. The van der Waals surface area contributed by atoms with Gasteiger partial charge in [-0.2, -0.15) is 0 Å². The van der Waals surface area contributed by atoms with Crippen molar-refractivity contribution >= 4 is 44.1 Å². The molecule has 1 aromatic heterocycles. The van der Waals surface area contributed by atoms with Gasteiger partial charge < -0.3 is 10.4 Å². The minimum atomic E-state index is -0.837. The first-order valence-corrected chi connectivity index (χ1v) is 7.28. The van der Waals surface area contributed by atoms with Gasteiger partial charge in [0.2, 0.25) is 0 Å². The van der Waals surface area contributed by atoms with Crippen LogP contribution in [0.1, 0.15) is 16.1 Å². The Labute approximate surface area is 123 Å². The van der Waals surface area contributed by atoms with Crippen molar-refractivity contribution in [1.82, 2.24) is 4.98 Å². The van der Waals surface area contributed by atoms with E-state index >= 15 is 0 Å². The molecule has 0 saturated heterocycles. The number of hydrogen-bond donors (Lipinski definition) is 2. The van der Waals surface area contributed by atoms with Crippen molar-refractivity contribution in [3.05, 3.63) is 38.8 Å². The molecule has 0 atom stereocenters. The number of carbonyl (C=O) groups is 1. The van der Waals surface area contributed by atoms with Crippen LogP contribution in [0.4, 0.5) is 10.8 Å². The maximum Gasteiger partial charge on any atom is 0.308 e. The summed E-state index contributed by atoms with van der Waals surface area (Å²) in [7, 11) is 0. The van der Waals surface area contributed by atoms with Gasteiger partial charge in [-0.3, -0.25) is 4.79 Å². The lowest BCUT2D eigenvalue weighted by atomic mass is 10.2. The summed E-state index contributed by atoms with van der Waals surface area (Å²) < 4.78 is 1.02. The van der Waals surface area contributed by atoms with Crippen molar-refractivity contribution in [3.63, 3.8) is 0 Å². The van der Waals surface area contributed by atoms with Crippen LogP contribution in [0, 0.1) is 13.8 Å². The predicted octanol–water partition coefficient (Wildman–Crippen LogP) is 3.89. The fourth-order valence-corrected chi connectivity index (χ4v) is 2.93. The third kappa shape index (κ3) is 3.54. The molecule has 2 N–H and O–H groups in total. The molecule has 2 aromatic rings. The van der Waals surface area contributed by atoms with Gasteiger partial charge in [0, 0.05) is 15.0 Å². The summed E-state index contributed by atoms with van der Waals surface area (Å²) in [6, 6.07) is 5.95. The topological polar surface area (TPSA) is 62.2 Å². The highest BCUT2D eigenvalue weighted by Crippen LogP contribution is 2.28. The van der Waals surface area contributed by atoms with Crippen molar-refractivity contribution in [1.29, 1.82) is 0 Å². The lowest BCUT2D eigenvalue weighted by Crippen LogP contribution is -1.99. The molecule has 1 aromatic carbocycles. The van der Waals surface area contributed by atoms with E-state index < -0.39 is 5.97 Å². The van der Waals surface area contributed by atoms with E-state index in [1.807, 2.05) is 32.0 Å². The Morgan fingerprint density at radius 3 is 2.84 bits per heavy atom. The zero-order valence-electron chi connectivity index (χ0n) is 10.5. The Morgan fingerprint density at radius 2 is 2.21 bits per heavy atom. The molecule has 0 saturated carbocycles. The number of rotatable bonds is 4. The Kier molecular flexibility index (Phi) is 4.21.